The fourth-order valence-electron chi connectivity index (χ4n) is 2.90. The molecule has 0 unspecified atom stereocenters. The quantitative estimate of drug-likeness (QED) is 0.327. The summed E-state index contributed by atoms with van der Waals surface area (Å²) in [5.41, 5.74) is 2.34. The second-order valence-electron chi connectivity index (χ2n) is 6.33. The second-order valence-corrected chi connectivity index (χ2v) is 8.37. The number of rotatable bonds is 8. The number of hydrogen-bond donors (Lipinski definition) is 0. The summed E-state index contributed by atoms with van der Waals surface area (Å²) in [4.78, 5) is 12.3. The smallest absolute Gasteiger partial charge is 0.339 e. The lowest BCUT2D eigenvalue weighted by molar-refractivity contribution is 0.102. The van der Waals surface area contributed by atoms with Gasteiger partial charge in [0.15, 0.2) is 11.5 Å². The van der Waals surface area contributed by atoms with E-state index in [0.29, 0.717) is 23.5 Å². The number of ketones is 1. The van der Waals surface area contributed by atoms with Crippen LogP contribution in [0.4, 0.5) is 0 Å². The molecule has 0 fully saturated rings. The van der Waals surface area contributed by atoms with Gasteiger partial charge in [0.2, 0.25) is 0 Å². The summed E-state index contributed by atoms with van der Waals surface area (Å²) in [5.74, 6) is 0.137. The summed E-state index contributed by atoms with van der Waals surface area (Å²) in [7, 11) is -4.12. The van der Waals surface area contributed by atoms with Gasteiger partial charge in [-0.15, -0.1) is 0 Å². The van der Waals surface area contributed by atoms with Gasteiger partial charge in [0.25, 0.3) is 0 Å². The molecule has 2 aromatic rings. The van der Waals surface area contributed by atoms with Crippen molar-refractivity contribution < 1.29 is 22.1 Å². The maximum absolute atomic E-state index is 13.0. The standard InChI is InChI=1S/C20H23BrO5S/c1-5-8-25-16-6-7-17(18(22)12-21)19(11-16)26-27(23,24)20-14(3)9-13(2)10-15(20)4/h6-7,9-11H,5,8,12H2,1-4H3. The molecule has 0 heterocycles. The van der Waals surface area contributed by atoms with Gasteiger partial charge in [-0.1, -0.05) is 40.5 Å². The molecule has 0 atom stereocenters. The minimum Gasteiger partial charge on any atom is -0.493 e. The average Bonchev–Trinajstić information content (AvgIpc) is 2.57. The van der Waals surface area contributed by atoms with E-state index in [9.17, 15) is 13.2 Å². The largest absolute Gasteiger partial charge is 0.493 e. The number of alkyl halides is 1. The summed E-state index contributed by atoms with van der Waals surface area (Å²) in [5, 5.41) is 0.0567. The van der Waals surface area contributed by atoms with Crippen molar-refractivity contribution >= 4 is 31.8 Å². The van der Waals surface area contributed by atoms with Crippen LogP contribution in [-0.4, -0.2) is 26.1 Å². The molecule has 5 nitrogen and oxygen atoms in total. The van der Waals surface area contributed by atoms with E-state index in [-0.39, 0.29) is 27.3 Å². The molecule has 0 saturated carbocycles. The average molecular weight is 455 g/mol. The van der Waals surface area contributed by atoms with Crippen LogP contribution in [0.3, 0.4) is 0 Å². The van der Waals surface area contributed by atoms with Gasteiger partial charge in [-0.2, -0.15) is 8.42 Å². The van der Waals surface area contributed by atoms with Gasteiger partial charge in [0.1, 0.15) is 10.6 Å². The minimum absolute atomic E-state index is 0.0348. The van der Waals surface area contributed by atoms with Gasteiger partial charge in [-0.05, 0) is 50.5 Å². The number of ether oxygens (including phenoxy) is 1. The maximum atomic E-state index is 13.0. The Morgan fingerprint density at radius 1 is 1.07 bits per heavy atom. The Kier molecular flexibility index (Phi) is 7.06. The van der Waals surface area contributed by atoms with Crippen molar-refractivity contribution in [3.8, 4) is 11.5 Å². The fraction of sp³-hybridized carbons (Fsp3) is 0.350. The first kappa shape index (κ1) is 21.4. The molecule has 0 aromatic heterocycles. The van der Waals surface area contributed by atoms with Crippen molar-refractivity contribution in [1.29, 1.82) is 0 Å². The lowest BCUT2D eigenvalue weighted by Gasteiger charge is -2.15. The van der Waals surface area contributed by atoms with Crippen LogP contribution < -0.4 is 8.92 Å². The number of hydrogen-bond acceptors (Lipinski definition) is 5. The SMILES string of the molecule is CCCOc1ccc(C(=O)CBr)c(OS(=O)(=O)c2c(C)cc(C)cc2C)c1. The molecule has 2 rings (SSSR count). The van der Waals surface area contributed by atoms with Crippen LogP contribution in [0.2, 0.25) is 0 Å². The normalized spacial score (nSPS) is 11.3. The maximum Gasteiger partial charge on any atom is 0.339 e. The highest BCUT2D eigenvalue weighted by molar-refractivity contribution is 9.09. The van der Waals surface area contributed by atoms with Crippen LogP contribution in [-0.2, 0) is 10.1 Å². The first-order valence-electron chi connectivity index (χ1n) is 8.58. The van der Waals surface area contributed by atoms with Crippen LogP contribution in [0.1, 0.15) is 40.4 Å². The second kappa shape index (κ2) is 8.89. The molecule has 0 N–H and O–H groups in total. The van der Waals surface area contributed by atoms with Crippen LogP contribution in [0.5, 0.6) is 11.5 Å². The van der Waals surface area contributed by atoms with Gasteiger partial charge in [0, 0.05) is 6.07 Å². The van der Waals surface area contributed by atoms with Crippen molar-refractivity contribution in [3.05, 3.63) is 52.6 Å². The van der Waals surface area contributed by atoms with Crippen molar-refractivity contribution in [2.24, 2.45) is 0 Å². The molecule has 0 amide bonds. The van der Waals surface area contributed by atoms with Crippen molar-refractivity contribution in [2.45, 2.75) is 39.0 Å². The third kappa shape index (κ3) is 5.11. The number of benzene rings is 2. The molecule has 146 valence electrons. The number of Topliss-reactive ketones (excluding diaryl/α,β-unsaturated/α-hetero) is 1. The van der Waals surface area contributed by atoms with Gasteiger partial charge in [-0.3, -0.25) is 4.79 Å². The molecule has 0 aliphatic carbocycles. The molecule has 27 heavy (non-hydrogen) atoms. The third-order valence-corrected chi connectivity index (χ3v) is 5.95. The molecule has 7 heteroatoms. The predicted octanol–water partition coefficient (Wildman–Crippen LogP) is 4.75. The first-order valence-corrected chi connectivity index (χ1v) is 11.1. The van der Waals surface area contributed by atoms with Gasteiger partial charge in [-0.25, -0.2) is 0 Å². The van der Waals surface area contributed by atoms with E-state index in [1.807, 2.05) is 13.8 Å². The summed E-state index contributed by atoms with van der Waals surface area (Å²) in [6, 6.07) is 8.17. The highest BCUT2D eigenvalue weighted by atomic mass is 79.9. The Labute approximate surface area is 168 Å². The zero-order chi connectivity index (χ0) is 20.2. The monoisotopic (exact) mass is 454 g/mol. The Morgan fingerprint density at radius 3 is 2.26 bits per heavy atom. The number of aryl methyl sites for hydroxylation is 3. The topological polar surface area (TPSA) is 69.7 Å². The highest BCUT2D eigenvalue weighted by Crippen LogP contribution is 2.31. The van der Waals surface area contributed by atoms with E-state index < -0.39 is 10.1 Å². The number of halogens is 1. The van der Waals surface area contributed by atoms with Gasteiger partial charge >= 0.3 is 10.1 Å². The molecule has 0 bridgehead atoms. The van der Waals surface area contributed by atoms with E-state index in [4.69, 9.17) is 8.92 Å². The highest BCUT2D eigenvalue weighted by Gasteiger charge is 2.25. The first-order chi connectivity index (χ1) is 12.7. The molecular weight excluding hydrogens is 432 g/mol. The zero-order valence-corrected chi connectivity index (χ0v) is 18.2. The van der Waals surface area contributed by atoms with E-state index in [1.165, 1.54) is 12.1 Å². The predicted molar refractivity (Wildman–Crippen MR) is 109 cm³/mol. The third-order valence-electron chi connectivity index (χ3n) is 3.90. The van der Waals surface area contributed by atoms with Crippen molar-refractivity contribution in [3.63, 3.8) is 0 Å². The Hall–Kier alpha value is -1.86. The number of carbonyl (C=O) groups is 1. The van der Waals surface area contributed by atoms with Crippen molar-refractivity contribution in [1.82, 2.24) is 0 Å². The van der Waals surface area contributed by atoms with Crippen LogP contribution >= 0.6 is 15.9 Å². The molecule has 0 spiro atoms. The van der Waals surface area contributed by atoms with E-state index in [1.54, 1.807) is 32.0 Å². The fourth-order valence-corrected chi connectivity index (χ4v) is 4.57. The molecule has 0 saturated heterocycles. The van der Waals surface area contributed by atoms with Crippen LogP contribution in [0.15, 0.2) is 35.2 Å². The van der Waals surface area contributed by atoms with E-state index >= 15 is 0 Å². The molecule has 2 aromatic carbocycles. The molecular formula is C20H23BrO5S. The van der Waals surface area contributed by atoms with Gasteiger partial charge < -0.3 is 8.92 Å². The lowest BCUT2D eigenvalue weighted by atomic mass is 10.1. The summed E-state index contributed by atoms with van der Waals surface area (Å²) < 4.78 is 36.9. The Morgan fingerprint density at radius 2 is 1.70 bits per heavy atom. The Bertz CT molecular complexity index is 928. The molecule has 0 aliphatic heterocycles. The van der Waals surface area contributed by atoms with Crippen LogP contribution in [0.25, 0.3) is 0 Å². The molecule has 0 radical (unpaired) electrons. The molecule has 0 aliphatic rings. The minimum atomic E-state index is -4.12. The summed E-state index contributed by atoms with van der Waals surface area (Å²) in [6.45, 7) is 7.80. The number of carbonyl (C=O) groups excluding carboxylic acids is 1. The zero-order valence-electron chi connectivity index (χ0n) is 15.8. The van der Waals surface area contributed by atoms with Crippen molar-refractivity contribution in [2.75, 3.05) is 11.9 Å². The van der Waals surface area contributed by atoms with Crippen LogP contribution in [0, 0.1) is 20.8 Å². The lowest BCUT2D eigenvalue weighted by Crippen LogP contribution is -2.15. The Balaban J connectivity index is 2.52. The summed E-state index contributed by atoms with van der Waals surface area (Å²) in [6.07, 6.45) is 0.804. The summed E-state index contributed by atoms with van der Waals surface area (Å²) >= 11 is 3.12. The van der Waals surface area contributed by atoms with E-state index in [0.717, 1.165) is 12.0 Å². The van der Waals surface area contributed by atoms with Gasteiger partial charge in [0.05, 0.1) is 17.5 Å². The van der Waals surface area contributed by atoms with E-state index in [2.05, 4.69) is 15.9 Å².